The van der Waals surface area contributed by atoms with Gasteiger partial charge in [0.2, 0.25) is 0 Å². The van der Waals surface area contributed by atoms with E-state index in [0.29, 0.717) is 18.7 Å². The number of hydrazine groups is 1. The van der Waals surface area contributed by atoms with Gasteiger partial charge in [-0.05, 0) is 37.6 Å². The van der Waals surface area contributed by atoms with Crippen LogP contribution >= 0.6 is 0 Å². The summed E-state index contributed by atoms with van der Waals surface area (Å²) in [5.41, 5.74) is 8.57. The van der Waals surface area contributed by atoms with Crippen LogP contribution < -0.4 is 10.9 Å². The second-order valence-corrected chi connectivity index (χ2v) is 5.13. The Morgan fingerprint density at radius 2 is 1.86 bits per heavy atom. The van der Waals surface area contributed by atoms with E-state index in [1.165, 1.54) is 0 Å². The van der Waals surface area contributed by atoms with Crippen molar-refractivity contribution in [3.63, 3.8) is 0 Å². The number of nitrogens with one attached hydrogen (secondary N) is 2. The molecule has 3 nitrogen and oxygen atoms in total. The third kappa shape index (κ3) is 5.17. The minimum absolute atomic E-state index is 0.0980. The van der Waals surface area contributed by atoms with Crippen LogP contribution in [0.25, 0.3) is 0 Å². The van der Waals surface area contributed by atoms with Crippen LogP contribution in [0, 0.1) is 5.82 Å². The summed E-state index contributed by atoms with van der Waals surface area (Å²) in [4.78, 5) is 0. The minimum atomic E-state index is -0.227. The number of ether oxygens (including phenoxy) is 1. The minimum Gasteiger partial charge on any atom is -0.374 e. The molecule has 0 aliphatic rings. The van der Waals surface area contributed by atoms with Gasteiger partial charge in [0.05, 0.1) is 12.7 Å². The van der Waals surface area contributed by atoms with Crippen molar-refractivity contribution < 1.29 is 9.13 Å². The van der Waals surface area contributed by atoms with Crippen LogP contribution in [0.4, 0.5) is 10.1 Å². The number of para-hydroxylation sites is 1. The highest BCUT2D eigenvalue weighted by molar-refractivity contribution is 5.41. The van der Waals surface area contributed by atoms with E-state index in [0.717, 1.165) is 11.3 Å². The number of halogens is 1. The quantitative estimate of drug-likeness (QED) is 0.759. The van der Waals surface area contributed by atoms with E-state index in [1.807, 2.05) is 50.2 Å². The van der Waals surface area contributed by atoms with Crippen LogP contribution in [0.5, 0.6) is 0 Å². The lowest BCUT2D eigenvalue weighted by molar-refractivity contribution is 0.0639. The van der Waals surface area contributed by atoms with E-state index >= 15 is 0 Å². The van der Waals surface area contributed by atoms with Crippen molar-refractivity contribution in [1.29, 1.82) is 0 Å². The maximum atomic E-state index is 13.9. The molecule has 2 rings (SSSR count). The summed E-state index contributed by atoms with van der Waals surface area (Å²) in [5, 5.41) is 0. The first-order valence-electron chi connectivity index (χ1n) is 7.08. The third-order valence-corrected chi connectivity index (χ3v) is 2.99. The van der Waals surface area contributed by atoms with E-state index in [9.17, 15) is 4.39 Å². The van der Waals surface area contributed by atoms with Gasteiger partial charge in [-0.25, -0.2) is 9.82 Å². The maximum absolute atomic E-state index is 13.9. The predicted molar refractivity (Wildman–Crippen MR) is 83.2 cm³/mol. The molecule has 21 heavy (non-hydrogen) atoms. The fourth-order valence-corrected chi connectivity index (χ4v) is 1.84. The Balaban J connectivity index is 1.85. The molecule has 0 atom stereocenters. The summed E-state index contributed by atoms with van der Waals surface area (Å²) in [5.74, 6) is -0.227. The smallest absolute Gasteiger partial charge is 0.129 e. The zero-order valence-electron chi connectivity index (χ0n) is 12.4. The van der Waals surface area contributed by atoms with Gasteiger partial charge in [0.15, 0.2) is 0 Å². The molecular weight excluding hydrogens is 267 g/mol. The number of rotatable bonds is 7. The average Bonchev–Trinajstić information content (AvgIpc) is 2.47. The van der Waals surface area contributed by atoms with Crippen molar-refractivity contribution in [2.45, 2.75) is 33.1 Å². The SMILES string of the molecule is CC(C)OCc1ccc(CNNc2ccccc2)cc1F. The Morgan fingerprint density at radius 1 is 1.10 bits per heavy atom. The molecule has 2 aromatic carbocycles. The van der Waals surface area contributed by atoms with Crippen LogP contribution in [0.15, 0.2) is 48.5 Å². The van der Waals surface area contributed by atoms with Gasteiger partial charge >= 0.3 is 0 Å². The lowest BCUT2D eigenvalue weighted by Gasteiger charge is -2.11. The summed E-state index contributed by atoms with van der Waals surface area (Å²) < 4.78 is 19.3. The summed E-state index contributed by atoms with van der Waals surface area (Å²) in [6.07, 6.45) is 0.0980. The van der Waals surface area contributed by atoms with E-state index in [4.69, 9.17) is 4.74 Å². The van der Waals surface area contributed by atoms with Crippen molar-refractivity contribution in [1.82, 2.24) is 5.43 Å². The number of anilines is 1. The molecule has 0 heterocycles. The van der Waals surface area contributed by atoms with Crippen LogP contribution in [0.2, 0.25) is 0 Å². The van der Waals surface area contributed by atoms with Crippen LogP contribution in [0.1, 0.15) is 25.0 Å². The van der Waals surface area contributed by atoms with Gasteiger partial charge in [0, 0.05) is 17.8 Å². The molecule has 2 aromatic rings. The molecule has 0 saturated heterocycles. The van der Waals surface area contributed by atoms with Crippen LogP contribution in [-0.2, 0) is 17.9 Å². The number of hydrogen-bond donors (Lipinski definition) is 2. The van der Waals surface area contributed by atoms with Gasteiger partial charge in [-0.15, -0.1) is 0 Å². The molecule has 2 N–H and O–H groups in total. The van der Waals surface area contributed by atoms with E-state index in [-0.39, 0.29) is 11.9 Å². The first kappa shape index (κ1) is 15.5. The molecule has 0 radical (unpaired) electrons. The summed E-state index contributed by atoms with van der Waals surface area (Å²) in [6, 6.07) is 15.0. The molecule has 112 valence electrons. The Morgan fingerprint density at radius 3 is 2.52 bits per heavy atom. The van der Waals surface area contributed by atoms with Crippen molar-refractivity contribution in [3.05, 3.63) is 65.5 Å². The highest BCUT2D eigenvalue weighted by Gasteiger charge is 2.05. The molecule has 0 spiro atoms. The van der Waals surface area contributed by atoms with E-state index in [1.54, 1.807) is 12.1 Å². The van der Waals surface area contributed by atoms with Crippen molar-refractivity contribution in [2.24, 2.45) is 0 Å². The summed E-state index contributed by atoms with van der Waals surface area (Å²) in [7, 11) is 0. The molecule has 0 aromatic heterocycles. The van der Waals surface area contributed by atoms with Gasteiger partial charge in [0.1, 0.15) is 5.82 Å². The first-order chi connectivity index (χ1) is 10.1. The van der Waals surface area contributed by atoms with Crippen LogP contribution in [-0.4, -0.2) is 6.10 Å². The molecule has 0 amide bonds. The third-order valence-electron chi connectivity index (χ3n) is 2.99. The predicted octanol–water partition coefficient (Wildman–Crippen LogP) is 3.87. The van der Waals surface area contributed by atoms with Gasteiger partial charge < -0.3 is 10.2 Å². The Kier molecular flexibility index (Phi) is 5.72. The molecule has 0 saturated carbocycles. The number of hydrogen-bond acceptors (Lipinski definition) is 3. The molecule has 0 unspecified atom stereocenters. The van der Waals surface area contributed by atoms with E-state index < -0.39 is 0 Å². The highest BCUT2D eigenvalue weighted by atomic mass is 19.1. The standard InChI is InChI=1S/C17H21FN2O/c1-13(2)21-12-15-9-8-14(10-17(15)18)11-19-20-16-6-4-3-5-7-16/h3-10,13,19-20H,11-12H2,1-2H3. The van der Waals surface area contributed by atoms with Crippen molar-refractivity contribution in [3.8, 4) is 0 Å². The van der Waals surface area contributed by atoms with Gasteiger partial charge in [-0.3, -0.25) is 0 Å². The molecular formula is C17H21FN2O. The van der Waals surface area contributed by atoms with Crippen LogP contribution in [0.3, 0.4) is 0 Å². The first-order valence-corrected chi connectivity index (χ1v) is 7.08. The van der Waals surface area contributed by atoms with Gasteiger partial charge in [-0.1, -0.05) is 30.3 Å². The topological polar surface area (TPSA) is 33.3 Å². The summed E-state index contributed by atoms with van der Waals surface area (Å²) in [6.45, 7) is 4.72. The fraction of sp³-hybridized carbons (Fsp3) is 0.294. The monoisotopic (exact) mass is 288 g/mol. The molecule has 4 heteroatoms. The average molecular weight is 288 g/mol. The van der Waals surface area contributed by atoms with E-state index in [2.05, 4.69) is 10.9 Å². The molecule has 0 aliphatic carbocycles. The second-order valence-electron chi connectivity index (χ2n) is 5.13. The lowest BCUT2D eigenvalue weighted by Crippen LogP contribution is -2.20. The fourth-order valence-electron chi connectivity index (χ4n) is 1.84. The highest BCUT2D eigenvalue weighted by Crippen LogP contribution is 2.13. The zero-order chi connectivity index (χ0) is 15.1. The molecule has 0 bridgehead atoms. The van der Waals surface area contributed by atoms with Gasteiger partial charge in [-0.2, -0.15) is 0 Å². The van der Waals surface area contributed by atoms with Crippen molar-refractivity contribution in [2.75, 3.05) is 5.43 Å². The lowest BCUT2D eigenvalue weighted by atomic mass is 10.1. The Labute approximate surface area is 125 Å². The Bertz CT molecular complexity index is 558. The number of benzene rings is 2. The zero-order valence-corrected chi connectivity index (χ0v) is 12.4. The normalized spacial score (nSPS) is 10.9. The summed E-state index contributed by atoms with van der Waals surface area (Å²) >= 11 is 0. The van der Waals surface area contributed by atoms with Gasteiger partial charge in [0.25, 0.3) is 0 Å². The second kappa shape index (κ2) is 7.76. The Hall–Kier alpha value is -1.91. The largest absolute Gasteiger partial charge is 0.374 e. The molecule has 0 fully saturated rings. The maximum Gasteiger partial charge on any atom is 0.129 e. The van der Waals surface area contributed by atoms with Crippen molar-refractivity contribution >= 4 is 5.69 Å². The molecule has 0 aliphatic heterocycles.